The van der Waals surface area contributed by atoms with Crippen molar-refractivity contribution in [3.63, 3.8) is 0 Å². The third-order valence-corrected chi connectivity index (χ3v) is 4.04. The lowest BCUT2D eigenvalue weighted by molar-refractivity contribution is -0.137. The number of fused-ring (bicyclic) bond motifs is 1. The van der Waals surface area contributed by atoms with Crippen molar-refractivity contribution < 1.29 is 13.2 Å². The third kappa shape index (κ3) is 7.00. The van der Waals surface area contributed by atoms with Crippen LogP contribution in [0.5, 0.6) is 0 Å². The highest BCUT2D eigenvalue weighted by Crippen LogP contribution is 2.37. The minimum atomic E-state index is -4.41. The second-order valence-corrected chi connectivity index (χ2v) is 6.05. The molecule has 30 heavy (non-hydrogen) atoms. The highest BCUT2D eigenvalue weighted by molar-refractivity contribution is 5.94. The first kappa shape index (κ1) is 25.4. The molecule has 0 spiro atoms. The molecule has 0 saturated heterocycles. The van der Waals surface area contributed by atoms with Gasteiger partial charge >= 0.3 is 6.18 Å². The van der Waals surface area contributed by atoms with E-state index in [1.165, 1.54) is 18.6 Å². The topological polar surface area (TPSA) is 49.0 Å². The van der Waals surface area contributed by atoms with Crippen molar-refractivity contribution in [1.82, 2.24) is 15.8 Å². The van der Waals surface area contributed by atoms with Gasteiger partial charge in [0.1, 0.15) is 5.82 Å². The van der Waals surface area contributed by atoms with E-state index in [4.69, 9.17) is 0 Å². The number of rotatable bonds is 5. The first-order chi connectivity index (χ1) is 14.4. The highest BCUT2D eigenvalue weighted by atomic mass is 19.4. The monoisotopic (exact) mass is 420 g/mol. The van der Waals surface area contributed by atoms with Crippen molar-refractivity contribution in [1.29, 1.82) is 0 Å². The Morgan fingerprint density at radius 2 is 1.57 bits per heavy atom. The van der Waals surface area contributed by atoms with E-state index in [1.807, 2.05) is 45.2 Å². The van der Waals surface area contributed by atoms with Crippen molar-refractivity contribution in [2.75, 3.05) is 26.0 Å². The lowest BCUT2D eigenvalue weighted by Gasteiger charge is -2.14. The standard InChI is InChI=1S/C17H13F3N2.C4H12N2.C2H6/c1-21-16-12-7-3-2-6-11(12)10-15(22-16)13-8-4-5-9-14(13)17(18,19)20;1-3-4-6-5-2;1-2/h2-10H,1H3,(H,21,22);5-6H,3-4H2,1-2H3;1-2H3. The maximum absolute atomic E-state index is 13.2. The van der Waals surface area contributed by atoms with Gasteiger partial charge < -0.3 is 5.32 Å². The molecule has 0 atom stereocenters. The quantitative estimate of drug-likeness (QED) is 0.344. The third-order valence-electron chi connectivity index (χ3n) is 4.04. The highest BCUT2D eigenvalue weighted by Gasteiger charge is 2.33. The van der Waals surface area contributed by atoms with E-state index in [1.54, 1.807) is 19.2 Å². The molecule has 164 valence electrons. The number of alkyl halides is 3. The Bertz CT molecular complexity index is 891. The number of nitrogens with one attached hydrogen (secondary N) is 3. The van der Waals surface area contributed by atoms with Crippen molar-refractivity contribution in [2.45, 2.75) is 33.4 Å². The van der Waals surface area contributed by atoms with Crippen LogP contribution in [0.4, 0.5) is 19.0 Å². The van der Waals surface area contributed by atoms with E-state index in [9.17, 15) is 13.2 Å². The Morgan fingerprint density at radius 1 is 0.933 bits per heavy atom. The average Bonchev–Trinajstić information content (AvgIpc) is 2.78. The summed E-state index contributed by atoms with van der Waals surface area (Å²) in [6.45, 7) is 7.18. The van der Waals surface area contributed by atoms with Crippen molar-refractivity contribution in [3.05, 3.63) is 60.2 Å². The maximum Gasteiger partial charge on any atom is 0.417 e. The van der Waals surface area contributed by atoms with Gasteiger partial charge in [0.2, 0.25) is 0 Å². The molecule has 0 amide bonds. The molecule has 0 aliphatic carbocycles. The molecule has 3 N–H and O–H groups in total. The van der Waals surface area contributed by atoms with Crippen molar-refractivity contribution in [2.24, 2.45) is 0 Å². The van der Waals surface area contributed by atoms with Gasteiger partial charge in [0.25, 0.3) is 0 Å². The SMILES string of the molecule is CC.CCCNNC.CNc1nc(-c2ccccc2C(F)(F)F)cc2ccccc12. The van der Waals surface area contributed by atoms with Gasteiger partial charge in [0.15, 0.2) is 0 Å². The Morgan fingerprint density at radius 3 is 2.13 bits per heavy atom. The fourth-order valence-electron chi connectivity index (χ4n) is 2.73. The van der Waals surface area contributed by atoms with Crippen LogP contribution in [0.2, 0.25) is 0 Å². The number of aromatic nitrogens is 1. The smallest absolute Gasteiger partial charge is 0.373 e. The molecular formula is C23H31F3N4. The summed E-state index contributed by atoms with van der Waals surface area (Å²) < 4.78 is 39.6. The number of nitrogens with zero attached hydrogens (tertiary/aromatic N) is 1. The van der Waals surface area contributed by atoms with E-state index in [2.05, 4.69) is 28.1 Å². The molecule has 7 heteroatoms. The van der Waals surface area contributed by atoms with Gasteiger partial charge in [-0.1, -0.05) is 63.2 Å². The zero-order valence-electron chi connectivity index (χ0n) is 18.2. The van der Waals surface area contributed by atoms with Gasteiger partial charge in [-0.2, -0.15) is 13.2 Å². The second-order valence-electron chi connectivity index (χ2n) is 6.05. The molecule has 0 bridgehead atoms. The van der Waals surface area contributed by atoms with Gasteiger partial charge in [-0.3, -0.25) is 10.9 Å². The van der Waals surface area contributed by atoms with Gasteiger partial charge in [-0.25, -0.2) is 4.98 Å². The van der Waals surface area contributed by atoms with Gasteiger partial charge in [-0.05, 0) is 31.0 Å². The fourth-order valence-corrected chi connectivity index (χ4v) is 2.73. The van der Waals surface area contributed by atoms with Crippen LogP contribution < -0.4 is 16.2 Å². The minimum absolute atomic E-state index is 0.0808. The predicted octanol–water partition coefficient (Wildman–Crippen LogP) is 6.11. The number of pyridine rings is 1. The molecule has 1 heterocycles. The van der Waals surface area contributed by atoms with Crippen LogP contribution in [0.1, 0.15) is 32.8 Å². The summed E-state index contributed by atoms with van der Waals surface area (Å²) in [5.74, 6) is 0.560. The molecule has 2 aromatic carbocycles. The summed E-state index contributed by atoms with van der Waals surface area (Å²) in [7, 11) is 3.57. The Labute approximate surface area is 176 Å². The maximum atomic E-state index is 13.2. The predicted molar refractivity (Wildman–Crippen MR) is 120 cm³/mol. The molecule has 0 saturated carbocycles. The average molecular weight is 421 g/mol. The van der Waals surface area contributed by atoms with Gasteiger partial charge in [0, 0.05) is 24.5 Å². The molecule has 0 aliphatic rings. The first-order valence-electron chi connectivity index (χ1n) is 10.1. The zero-order chi connectivity index (χ0) is 22.6. The van der Waals surface area contributed by atoms with Crippen LogP contribution in [-0.2, 0) is 6.18 Å². The number of hydrazine groups is 1. The van der Waals surface area contributed by atoms with Crippen molar-refractivity contribution in [3.8, 4) is 11.3 Å². The normalized spacial score (nSPS) is 10.5. The molecule has 0 fully saturated rings. The van der Waals surface area contributed by atoms with Crippen LogP contribution in [0.3, 0.4) is 0 Å². The van der Waals surface area contributed by atoms with Crippen LogP contribution in [0.25, 0.3) is 22.0 Å². The summed E-state index contributed by atoms with van der Waals surface area (Å²) in [5, 5.41) is 4.66. The second kappa shape index (κ2) is 12.8. The van der Waals surface area contributed by atoms with Crippen molar-refractivity contribution >= 4 is 16.6 Å². The van der Waals surface area contributed by atoms with Crippen LogP contribution >= 0.6 is 0 Å². The minimum Gasteiger partial charge on any atom is -0.373 e. The fraction of sp³-hybridized carbons (Fsp3) is 0.348. The Hall–Kier alpha value is -2.64. The van der Waals surface area contributed by atoms with Gasteiger partial charge in [-0.15, -0.1) is 0 Å². The van der Waals surface area contributed by atoms with E-state index < -0.39 is 11.7 Å². The molecule has 1 aromatic heterocycles. The van der Waals surface area contributed by atoms with Crippen LogP contribution in [0, 0.1) is 0 Å². The lowest BCUT2D eigenvalue weighted by atomic mass is 10.0. The summed E-state index contributed by atoms with van der Waals surface area (Å²) in [6, 6.07) is 14.6. The first-order valence-corrected chi connectivity index (χ1v) is 10.1. The summed E-state index contributed by atoms with van der Waals surface area (Å²) in [4.78, 5) is 4.35. The number of hydrogen-bond acceptors (Lipinski definition) is 4. The molecule has 3 aromatic rings. The number of anilines is 1. The Balaban J connectivity index is 0.000000487. The van der Waals surface area contributed by atoms with Crippen LogP contribution in [-0.4, -0.2) is 25.6 Å². The molecular weight excluding hydrogens is 389 g/mol. The molecule has 4 nitrogen and oxygen atoms in total. The number of hydrogen-bond donors (Lipinski definition) is 3. The molecule has 0 unspecified atom stereocenters. The summed E-state index contributed by atoms with van der Waals surface area (Å²) >= 11 is 0. The summed E-state index contributed by atoms with van der Waals surface area (Å²) in [6.07, 6.45) is -3.23. The lowest BCUT2D eigenvalue weighted by Crippen LogP contribution is -2.27. The van der Waals surface area contributed by atoms with Gasteiger partial charge in [0.05, 0.1) is 11.3 Å². The van der Waals surface area contributed by atoms with E-state index in [-0.39, 0.29) is 5.56 Å². The van der Waals surface area contributed by atoms with E-state index in [0.29, 0.717) is 11.5 Å². The summed E-state index contributed by atoms with van der Waals surface area (Å²) in [5.41, 5.74) is 5.47. The van der Waals surface area contributed by atoms with Crippen LogP contribution in [0.15, 0.2) is 54.6 Å². The molecule has 3 rings (SSSR count). The molecule has 0 radical (unpaired) electrons. The number of halogens is 3. The Kier molecular flexibility index (Phi) is 10.9. The van der Waals surface area contributed by atoms with E-state index in [0.717, 1.165) is 23.4 Å². The number of benzene rings is 2. The molecule has 0 aliphatic heterocycles. The zero-order valence-corrected chi connectivity index (χ0v) is 18.2. The largest absolute Gasteiger partial charge is 0.417 e. The van der Waals surface area contributed by atoms with E-state index >= 15 is 0 Å².